The Kier molecular flexibility index (Phi) is 5.12. The van der Waals surface area contributed by atoms with Crippen LogP contribution in [0.15, 0.2) is 5.38 Å². The minimum Gasteiger partial charge on any atom is -0.378 e. The lowest BCUT2D eigenvalue weighted by atomic mass is 9.93. The molecular weight excluding hydrogens is 274 g/mol. The van der Waals surface area contributed by atoms with Gasteiger partial charge in [-0.2, -0.15) is 0 Å². The maximum atomic E-state index is 11.9. The van der Waals surface area contributed by atoms with Gasteiger partial charge in [0.1, 0.15) is 6.04 Å². The van der Waals surface area contributed by atoms with Crippen molar-refractivity contribution >= 4 is 17.2 Å². The van der Waals surface area contributed by atoms with E-state index in [9.17, 15) is 4.79 Å². The van der Waals surface area contributed by atoms with Gasteiger partial charge in [-0.1, -0.05) is 20.8 Å². The van der Waals surface area contributed by atoms with Crippen molar-refractivity contribution in [2.24, 2.45) is 0 Å². The fraction of sp³-hybridized carbons (Fsp3) is 0.714. The molecule has 0 radical (unpaired) electrons. The van der Waals surface area contributed by atoms with Gasteiger partial charge in [0.25, 0.3) is 0 Å². The number of hydrogen-bond acceptors (Lipinski definition) is 5. The van der Waals surface area contributed by atoms with Gasteiger partial charge in [-0.15, -0.1) is 11.3 Å². The van der Waals surface area contributed by atoms with Crippen LogP contribution in [0.25, 0.3) is 0 Å². The average molecular weight is 297 g/mol. The molecule has 1 atom stereocenters. The van der Waals surface area contributed by atoms with Crippen LogP contribution in [0.4, 0.5) is 0 Å². The molecule has 0 aliphatic carbocycles. The van der Waals surface area contributed by atoms with Crippen LogP contribution in [0.2, 0.25) is 0 Å². The van der Waals surface area contributed by atoms with Crippen LogP contribution in [0.1, 0.15) is 31.5 Å². The molecule has 2 heterocycles. The molecule has 112 valence electrons. The fourth-order valence-corrected chi connectivity index (χ4v) is 2.94. The van der Waals surface area contributed by atoms with Crippen molar-refractivity contribution in [1.82, 2.24) is 15.6 Å². The summed E-state index contributed by atoms with van der Waals surface area (Å²) in [4.78, 5) is 16.5. The number of nitrogens with one attached hydrogen (secondary N) is 2. The molecule has 2 N–H and O–H groups in total. The Balaban J connectivity index is 1.75. The molecule has 0 bridgehead atoms. The first-order valence-electron chi connectivity index (χ1n) is 7.00. The maximum Gasteiger partial charge on any atom is 0.239 e. The Morgan fingerprint density at radius 2 is 2.40 bits per heavy atom. The lowest BCUT2D eigenvalue weighted by Crippen LogP contribution is -2.51. The molecule has 1 amide bonds. The van der Waals surface area contributed by atoms with Crippen LogP contribution in [-0.2, 0) is 21.4 Å². The molecule has 1 aliphatic heterocycles. The summed E-state index contributed by atoms with van der Waals surface area (Å²) in [5.41, 5.74) is 1.20. The molecule has 2 rings (SSSR count). The molecule has 6 heteroatoms. The highest BCUT2D eigenvalue weighted by atomic mass is 32.1. The SMILES string of the molecule is CC(C)(C)c1csc(CCNC(=O)C2COCCN2)n1. The smallest absolute Gasteiger partial charge is 0.239 e. The van der Waals surface area contributed by atoms with Gasteiger partial charge in [-0.3, -0.25) is 4.79 Å². The van der Waals surface area contributed by atoms with E-state index in [-0.39, 0.29) is 17.4 Å². The zero-order chi connectivity index (χ0) is 14.6. The number of amides is 1. The minimum atomic E-state index is -0.217. The van der Waals surface area contributed by atoms with Gasteiger partial charge >= 0.3 is 0 Å². The number of thiazole rings is 1. The number of hydrogen-bond donors (Lipinski definition) is 2. The minimum absolute atomic E-state index is 0.0114. The lowest BCUT2D eigenvalue weighted by Gasteiger charge is -2.22. The van der Waals surface area contributed by atoms with Crippen LogP contribution < -0.4 is 10.6 Å². The summed E-state index contributed by atoms with van der Waals surface area (Å²) in [6.07, 6.45) is 0.778. The average Bonchev–Trinajstić information content (AvgIpc) is 2.88. The van der Waals surface area contributed by atoms with Gasteiger partial charge in [0.05, 0.1) is 23.9 Å². The normalized spacial score (nSPS) is 19.9. The third-order valence-corrected chi connectivity index (χ3v) is 4.11. The van der Waals surface area contributed by atoms with Crippen molar-refractivity contribution in [1.29, 1.82) is 0 Å². The van der Waals surface area contributed by atoms with Crippen LogP contribution in [-0.4, -0.2) is 43.2 Å². The van der Waals surface area contributed by atoms with E-state index in [2.05, 4.69) is 41.8 Å². The zero-order valence-corrected chi connectivity index (χ0v) is 13.2. The summed E-state index contributed by atoms with van der Waals surface area (Å²) in [7, 11) is 0. The highest BCUT2D eigenvalue weighted by molar-refractivity contribution is 7.09. The molecule has 1 unspecified atom stereocenters. The second-order valence-corrected chi connectivity index (χ2v) is 6.94. The van der Waals surface area contributed by atoms with Gasteiger partial charge in [0.2, 0.25) is 5.91 Å². The molecule has 1 fully saturated rings. The van der Waals surface area contributed by atoms with E-state index in [1.807, 2.05) is 0 Å². The van der Waals surface area contributed by atoms with Crippen LogP contribution in [0.3, 0.4) is 0 Å². The van der Waals surface area contributed by atoms with Gasteiger partial charge in [0, 0.05) is 30.3 Å². The molecule has 1 aromatic rings. The molecule has 0 spiro atoms. The van der Waals surface area contributed by atoms with Crippen molar-refractivity contribution in [3.05, 3.63) is 16.1 Å². The number of aromatic nitrogens is 1. The summed E-state index contributed by atoms with van der Waals surface area (Å²) < 4.78 is 5.27. The molecule has 0 aromatic carbocycles. The summed E-state index contributed by atoms with van der Waals surface area (Å²) >= 11 is 1.66. The van der Waals surface area contributed by atoms with E-state index in [0.717, 1.165) is 23.7 Å². The van der Waals surface area contributed by atoms with E-state index >= 15 is 0 Å². The molecule has 1 aromatic heterocycles. The van der Waals surface area contributed by atoms with Crippen molar-refractivity contribution in [2.75, 3.05) is 26.3 Å². The van der Waals surface area contributed by atoms with Crippen molar-refractivity contribution in [3.63, 3.8) is 0 Å². The standard InChI is InChI=1S/C14H23N3O2S/c1-14(2,3)11-9-20-12(17-11)4-5-16-13(18)10-8-19-7-6-15-10/h9-10,15H,4-8H2,1-3H3,(H,16,18). The summed E-state index contributed by atoms with van der Waals surface area (Å²) in [6.45, 7) is 8.95. The highest BCUT2D eigenvalue weighted by Gasteiger charge is 2.21. The Morgan fingerprint density at radius 1 is 1.60 bits per heavy atom. The zero-order valence-electron chi connectivity index (χ0n) is 12.4. The predicted octanol–water partition coefficient (Wildman–Crippen LogP) is 1.09. The number of ether oxygens (including phenoxy) is 1. The van der Waals surface area contributed by atoms with E-state index < -0.39 is 0 Å². The van der Waals surface area contributed by atoms with Crippen LogP contribution in [0, 0.1) is 0 Å². The van der Waals surface area contributed by atoms with E-state index in [1.54, 1.807) is 11.3 Å². The highest BCUT2D eigenvalue weighted by Crippen LogP contribution is 2.23. The van der Waals surface area contributed by atoms with Gasteiger partial charge in [0.15, 0.2) is 0 Å². The number of rotatable bonds is 4. The molecule has 1 aliphatic rings. The molecule has 0 saturated carbocycles. The van der Waals surface area contributed by atoms with Crippen molar-refractivity contribution < 1.29 is 9.53 Å². The second-order valence-electron chi connectivity index (χ2n) is 6.00. The first kappa shape index (κ1) is 15.4. The van der Waals surface area contributed by atoms with Crippen LogP contribution in [0.5, 0.6) is 0 Å². The number of carbonyl (C=O) groups excluding carboxylic acids is 1. The second kappa shape index (κ2) is 6.65. The summed E-state index contributed by atoms with van der Waals surface area (Å²) in [5.74, 6) is 0.0114. The number of morpholine rings is 1. The van der Waals surface area contributed by atoms with Crippen molar-refractivity contribution in [2.45, 2.75) is 38.6 Å². The lowest BCUT2D eigenvalue weighted by molar-refractivity contribution is -0.125. The predicted molar refractivity (Wildman–Crippen MR) is 80.1 cm³/mol. The molecule has 1 saturated heterocycles. The third-order valence-electron chi connectivity index (χ3n) is 3.20. The fourth-order valence-electron chi connectivity index (χ4n) is 1.92. The number of carbonyl (C=O) groups is 1. The van der Waals surface area contributed by atoms with E-state index in [1.165, 1.54) is 0 Å². The largest absolute Gasteiger partial charge is 0.378 e. The monoisotopic (exact) mass is 297 g/mol. The van der Waals surface area contributed by atoms with E-state index in [4.69, 9.17) is 4.74 Å². The van der Waals surface area contributed by atoms with Crippen LogP contribution >= 0.6 is 11.3 Å². The Hall–Kier alpha value is -0.980. The Bertz CT molecular complexity index is 448. The summed E-state index contributed by atoms with van der Waals surface area (Å²) in [6, 6.07) is -0.217. The third kappa shape index (κ3) is 4.26. The summed E-state index contributed by atoms with van der Waals surface area (Å²) in [5, 5.41) is 9.25. The molecule has 5 nitrogen and oxygen atoms in total. The van der Waals surface area contributed by atoms with Gasteiger partial charge < -0.3 is 15.4 Å². The number of nitrogens with zero attached hydrogens (tertiary/aromatic N) is 1. The Morgan fingerprint density at radius 3 is 3.00 bits per heavy atom. The van der Waals surface area contributed by atoms with Crippen molar-refractivity contribution in [3.8, 4) is 0 Å². The van der Waals surface area contributed by atoms with E-state index in [0.29, 0.717) is 19.8 Å². The quantitative estimate of drug-likeness (QED) is 0.873. The molecule has 20 heavy (non-hydrogen) atoms. The topological polar surface area (TPSA) is 63.2 Å². The van der Waals surface area contributed by atoms with Gasteiger partial charge in [-0.25, -0.2) is 4.98 Å². The first-order chi connectivity index (χ1) is 9.47. The first-order valence-corrected chi connectivity index (χ1v) is 7.88. The molecular formula is C14H23N3O2S. The maximum absolute atomic E-state index is 11.9. The Labute approximate surface area is 124 Å². The van der Waals surface area contributed by atoms with Gasteiger partial charge in [-0.05, 0) is 0 Å².